The van der Waals surface area contributed by atoms with E-state index in [4.69, 9.17) is 31.2 Å². The number of nitrogens with zero attached hydrogens (tertiary/aromatic N) is 2. The van der Waals surface area contributed by atoms with Crippen LogP contribution in [0.25, 0.3) is 6.08 Å². The number of ether oxygens (including phenoxy) is 4. The van der Waals surface area contributed by atoms with Gasteiger partial charge in [0.1, 0.15) is 4.32 Å². The molecule has 0 spiro atoms. The second kappa shape index (κ2) is 13.5. The lowest BCUT2D eigenvalue weighted by Gasteiger charge is -2.26. The van der Waals surface area contributed by atoms with Crippen LogP contribution in [0.1, 0.15) is 32.3 Å². The first-order valence-electron chi connectivity index (χ1n) is 11.6. The topological polar surface area (TPSA) is 94.6 Å². The van der Waals surface area contributed by atoms with Gasteiger partial charge in [-0.25, -0.2) is 0 Å². The SMILES string of the molecule is CCOC(=O)CCCN1C(=O)/C(=C\c2ccc(OCC(=O)N3CCOCC3)c(OCC)c2)SC1=S. The van der Waals surface area contributed by atoms with Crippen LogP contribution in [0, 0.1) is 0 Å². The van der Waals surface area contributed by atoms with E-state index in [-0.39, 0.29) is 30.8 Å². The maximum Gasteiger partial charge on any atom is 0.305 e. The van der Waals surface area contributed by atoms with Crippen molar-refractivity contribution in [1.29, 1.82) is 0 Å². The van der Waals surface area contributed by atoms with Gasteiger partial charge >= 0.3 is 5.97 Å². The maximum absolute atomic E-state index is 12.9. The van der Waals surface area contributed by atoms with Crippen molar-refractivity contribution in [1.82, 2.24) is 9.80 Å². The Morgan fingerprint density at radius 3 is 2.63 bits per heavy atom. The first-order valence-corrected chi connectivity index (χ1v) is 12.8. The molecular formula is C24H30N2O7S2. The van der Waals surface area contributed by atoms with Crippen molar-refractivity contribution in [3.05, 3.63) is 28.7 Å². The Kier molecular flexibility index (Phi) is 10.4. The summed E-state index contributed by atoms with van der Waals surface area (Å²) in [4.78, 5) is 40.5. The summed E-state index contributed by atoms with van der Waals surface area (Å²) >= 11 is 6.58. The molecule has 0 radical (unpaired) electrons. The van der Waals surface area contributed by atoms with Gasteiger partial charge in [0.15, 0.2) is 18.1 Å². The van der Waals surface area contributed by atoms with E-state index in [1.54, 1.807) is 36.1 Å². The highest BCUT2D eigenvalue weighted by atomic mass is 32.2. The fourth-order valence-electron chi connectivity index (χ4n) is 3.50. The van der Waals surface area contributed by atoms with Crippen LogP contribution < -0.4 is 9.47 Å². The summed E-state index contributed by atoms with van der Waals surface area (Å²) < 4.78 is 22.1. The zero-order valence-electron chi connectivity index (χ0n) is 19.9. The van der Waals surface area contributed by atoms with E-state index in [0.29, 0.717) is 73.2 Å². The van der Waals surface area contributed by atoms with Gasteiger partial charge in [0, 0.05) is 26.1 Å². The standard InChI is InChI=1S/C24H30N2O7S2/c1-3-31-19-14-17(7-8-18(19)33-16-21(27)25-10-12-30-13-11-25)15-20-23(29)26(24(34)35-20)9-5-6-22(28)32-4-2/h7-8,14-15H,3-6,9-13,16H2,1-2H3/b20-15+. The monoisotopic (exact) mass is 522 g/mol. The smallest absolute Gasteiger partial charge is 0.305 e. The van der Waals surface area contributed by atoms with Gasteiger partial charge in [0.2, 0.25) is 0 Å². The van der Waals surface area contributed by atoms with Crippen LogP contribution >= 0.6 is 24.0 Å². The number of hydrogen-bond acceptors (Lipinski definition) is 9. The highest BCUT2D eigenvalue weighted by molar-refractivity contribution is 8.26. The minimum absolute atomic E-state index is 0.0934. The molecule has 0 bridgehead atoms. The number of esters is 1. The molecule has 0 atom stereocenters. The van der Waals surface area contributed by atoms with E-state index in [1.807, 2.05) is 6.92 Å². The number of thioether (sulfide) groups is 1. The molecule has 0 N–H and O–H groups in total. The Balaban J connectivity index is 1.63. The molecule has 2 aliphatic heterocycles. The van der Waals surface area contributed by atoms with Crippen molar-refractivity contribution >= 4 is 52.2 Å². The van der Waals surface area contributed by atoms with Crippen molar-refractivity contribution in [2.75, 3.05) is 52.7 Å². The van der Waals surface area contributed by atoms with E-state index >= 15 is 0 Å². The predicted molar refractivity (Wildman–Crippen MR) is 136 cm³/mol. The van der Waals surface area contributed by atoms with Gasteiger partial charge in [-0.1, -0.05) is 30.0 Å². The van der Waals surface area contributed by atoms with E-state index in [0.717, 1.165) is 5.56 Å². The van der Waals surface area contributed by atoms with Crippen LogP contribution in [0.4, 0.5) is 0 Å². The molecular weight excluding hydrogens is 492 g/mol. The number of hydrogen-bond donors (Lipinski definition) is 0. The molecule has 2 saturated heterocycles. The molecule has 1 aromatic carbocycles. The van der Waals surface area contributed by atoms with Gasteiger partial charge in [-0.3, -0.25) is 19.3 Å². The van der Waals surface area contributed by atoms with Crippen LogP contribution in [0.5, 0.6) is 11.5 Å². The molecule has 3 rings (SSSR count). The third-order valence-corrected chi connectivity index (χ3v) is 6.60. The van der Waals surface area contributed by atoms with Gasteiger partial charge < -0.3 is 23.8 Å². The van der Waals surface area contributed by atoms with Crippen LogP contribution in [0.15, 0.2) is 23.1 Å². The number of thiocarbonyl (C=S) groups is 1. The van der Waals surface area contributed by atoms with E-state index in [9.17, 15) is 14.4 Å². The Hall–Kier alpha value is -2.63. The highest BCUT2D eigenvalue weighted by Crippen LogP contribution is 2.35. The molecule has 11 heteroatoms. The molecule has 2 aliphatic rings. The average molecular weight is 523 g/mol. The summed E-state index contributed by atoms with van der Waals surface area (Å²) in [7, 11) is 0. The minimum atomic E-state index is -0.286. The third-order valence-electron chi connectivity index (χ3n) is 5.22. The zero-order chi connectivity index (χ0) is 25.2. The molecule has 35 heavy (non-hydrogen) atoms. The molecule has 190 valence electrons. The van der Waals surface area contributed by atoms with Crippen LogP contribution in [0.2, 0.25) is 0 Å². The van der Waals surface area contributed by atoms with Crippen molar-refractivity contribution < 1.29 is 33.3 Å². The average Bonchev–Trinajstić information content (AvgIpc) is 3.11. The second-order valence-electron chi connectivity index (χ2n) is 7.66. The Morgan fingerprint density at radius 2 is 1.91 bits per heavy atom. The number of benzene rings is 1. The summed E-state index contributed by atoms with van der Waals surface area (Å²) in [6.07, 6.45) is 2.45. The molecule has 2 fully saturated rings. The third kappa shape index (κ3) is 7.68. The normalized spacial score (nSPS) is 17.1. The van der Waals surface area contributed by atoms with E-state index < -0.39 is 0 Å². The van der Waals surface area contributed by atoms with Crippen molar-refractivity contribution in [2.24, 2.45) is 0 Å². The van der Waals surface area contributed by atoms with Crippen LogP contribution in [-0.4, -0.2) is 84.6 Å². The lowest BCUT2D eigenvalue weighted by Crippen LogP contribution is -2.43. The molecule has 1 aromatic rings. The first kappa shape index (κ1) is 27.0. The molecule has 0 unspecified atom stereocenters. The van der Waals surface area contributed by atoms with Gasteiger partial charge in [-0.2, -0.15) is 0 Å². The lowest BCUT2D eigenvalue weighted by molar-refractivity contribution is -0.143. The lowest BCUT2D eigenvalue weighted by atomic mass is 10.2. The fourth-order valence-corrected chi connectivity index (χ4v) is 4.81. The van der Waals surface area contributed by atoms with E-state index in [1.165, 1.54) is 16.7 Å². The number of carbonyl (C=O) groups is 3. The Labute approximate surface area is 214 Å². The van der Waals surface area contributed by atoms with Crippen molar-refractivity contribution in [2.45, 2.75) is 26.7 Å². The molecule has 0 aromatic heterocycles. The number of amides is 2. The summed E-state index contributed by atoms with van der Waals surface area (Å²) in [5.41, 5.74) is 0.743. The Bertz CT molecular complexity index is 977. The second-order valence-corrected chi connectivity index (χ2v) is 9.34. The number of carbonyl (C=O) groups excluding carboxylic acids is 3. The molecule has 0 aliphatic carbocycles. The number of rotatable bonds is 11. The van der Waals surface area contributed by atoms with Crippen LogP contribution in [0.3, 0.4) is 0 Å². The fraction of sp³-hybridized carbons (Fsp3) is 0.500. The van der Waals surface area contributed by atoms with Gasteiger partial charge in [0.25, 0.3) is 11.8 Å². The van der Waals surface area contributed by atoms with Crippen LogP contribution in [-0.2, 0) is 23.9 Å². The summed E-state index contributed by atoms with van der Waals surface area (Å²) in [5, 5.41) is 0. The zero-order valence-corrected chi connectivity index (χ0v) is 21.6. The van der Waals surface area contributed by atoms with Gasteiger partial charge in [-0.15, -0.1) is 0 Å². The molecule has 2 amide bonds. The number of morpholine rings is 1. The Morgan fingerprint density at radius 1 is 1.14 bits per heavy atom. The quantitative estimate of drug-likeness (QED) is 0.247. The molecule has 9 nitrogen and oxygen atoms in total. The van der Waals surface area contributed by atoms with Gasteiger partial charge in [-0.05, 0) is 44.0 Å². The van der Waals surface area contributed by atoms with Crippen molar-refractivity contribution in [3.63, 3.8) is 0 Å². The van der Waals surface area contributed by atoms with E-state index in [2.05, 4.69) is 0 Å². The highest BCUT2D eigenvalue weighted by Gasteiger charge is 2.31. The minimum Gasteiger partial charge on any atom is -0.490 e. The van der Waals surface area contributed by atoms with Gasteiger partial charge in [0.05, 0.1) is 31.3 Å². The van der Waals surface area contributed by atoms with Crippen molar-refractivity contribution in [3.8, 4) is 11.5 Å². The largest absolute Gasteiger partial charge is 0.490 e. The summed E-state index contributed by atoms with van der Waals surface area (Å²) in [5.74, 6) is 0.355. The maximum atomic E-state index is 12.9. The predicted octanol–water partition coefficient (Wildman–Crippen LogP) is 2.87. The summed E-state index contributed by atoms with van der Waals surface area (Å²) in [6, 6.07) is 5.29. The molecule has 2 heterocycles. The summed E-state index contributed by atoms with van der Waals surface area (Å²) in [6.45, 7) is 6.80. The first-order chi connectivity index (χ1) is 16.9. The molecule has 0 saturated carbocycles.